The predicted molar refractivity (Wildman–Crippen MR) is 112 cm³/mol. The summed E-state index contributed by atoms with van der Waals surface area (Å²) in [7, 11) is 0. The van der Waals surface area contributed by atoms with E-state index in [0.717, 1.165) is 41.9 Å². The average molecular weight is 391 g/mol. The van der Waals surface area contributed by atoms with Gasteiger partial charge in [-0.1, -0.05) is 31.2 Å². The third-order valence-corrected chi connectivity index (χ3v) is 5.35. The Morgan fingerprint density at radius 3 is 2.66 bits per heavy atom. The Labute approximate surface area is 169 Å². The molecule has 1 saturated heterocycles. The molecule has 0 saturated carbocycles. The molecule has 4 N–H and O–H groups in total. The topological polar surface area (TPSA) is 106 Å². The van der Waals surface area contributed by atoms with Gasteiger partial charge < -0.3 is 15.8 Å². The Morgan fingerprint density at radius 2 is 1.97 bits per heavy atom. The number of hydrogen-bond acceptors (Lipinski definition) is 5. The number of H-pyrrole nitrogens is 1. The van der Waals surface area contributed by atoms with E-state index >= 15 is 0 Å². The Kier molecular flexibility index (Phi) is 5.42. The standard InChI is InChI=1S/C22H25N5O2/c1-2-19-25-20(27-26-19)15-6-8-16(9-7-15)21(28)24-18-5-3-4-17(14-18)22(23)10-12-29-13-11-22/h3-9,14H,2,10-13,23H2,1H3,(H,24,28)(H,25,26,27). The van der Waals surface area contributed by atoms with Crippen LogP contribution in [-0.2, 0) is 16.7 Å². The van der Waals surface area contributed by atoms with Crippen LogP contribution in [0.5, 0.6) is 0 Å². The van der Waals surface area contributed by atoms with Crippen molar-refractivity contribution in [1.82, 2.24) is 15.2 Å². The van der Waals surface area contributed by atoms with Gasteiger partial charge in [0, 0.05) is 42.0 Å². The number of aromatic amines is 1. The molecule has 1 aliphatic heterocycles. The third-order valence-electron chi connectivity index (χ3n) is 5.35. The van der Waals surface area contributed by atoms with Crippen molar-refractivity contribution in [3.63, 3.8) is 0 Å². The zero-order chi connectivity index (χ0) is 20.3. The molecule has 0 unspecified atom stereocenters. The molecule has 0 aliphatic carbocycles. The molecule has 1 aromatic heterocycles. The van der Waals surface area contributed by atoms with Crippen molar-refractivity contribution < 1.29 is 9.53 Å². The van der Waals surface area contributed by atoms with Gasteiger partial charge in [-0.15, -0.1) is 0 Å². The van der Waals surface area contributed by atoms with Crippen LogP contribution < -0.4 is 11.1 Å². The molecular formula is C22H25N5O2. The largest absolute Gasteiger partial charge is 0.381 e. The molecule has 0 radical (unpaired) electrons. The van der Waals surface area contributed by atoms with E-state index < -0.39 is 5.54 Å². The van der Waals surface area contributed by atoms with Gasteiger partial charge >= 0.3 is 0 Å². The second-order valence-corrected chi connectivity index (χ2v) is 7.34. The summed E-state index contributed by atoms with van der Waals surface area (Å²) in [5, 5.41) is 10.1. The van der Waals surface area contributed by atoms with E-state index in [9.17, 15) is 4.79 Å². The van der Waals surface area contributed by atoms with E-state index in [4.69, 9.17) is 10.5 Å². The number of carbonyl (C=O) groups is 1. The fraction of sp³-hybridized carbons (Fsp3) is 0.318. The van der Waals surface area contributed by atoms with Gasteiger partial charge in [0.25, 0.3) is 5.91 Å². The van der Waals surface area contributed by atoms with Crippen LogP contribution in [0.15, 0.2) is 48.5 Å². The maximum Gasteiger partial charge on any atom is 0.255 e. The Hall–Kier alpha value is -3.03. The second-order valence-electron chi connectivity index (χ2n) is 7.34. The van der Waals surface area contributed by atoms with Crippen LogP contribution in [0.2, 0.25) is 0 Å². The summed E-state index contributed by atoms with van der Waals surface area (Å²) in [6.07, 6.45) is 2.34. The highest BCUT2D eigenvalue weighted by Gasteiger charge is 2.30. The number of anilines is 1. The number of aryl methyl sites for hydroxylation is 1. The number of hydrogen-bond donors (Lipinski definition) is 3. The number of amides is 1. The second kappa shape index (κ2) is 8.14. The van der Waals surface area contributed by atoms with Crippen LogP contribution >= 0.6 is 0 Å². The molecule has 0 spiro atoms. The normalized spacial score (nSPS) is 15.8. The molecule has 2 heterocycles. The molecule has 1 aliphatic rings. The lowest BCUT2D eigenvalue weighted by atomic mass is 9.83. The molecule has 7 nitrogen and oxygen atoms in total. The molecule has 29 heavy (non-hydrogen) atoms. The summed E-state index contributed by atoms with van der Waals surface area (Å²) < 4.78 is 5.43. The van der Waals surface area contributed by atoms with Gasteiger partial charge in [0.15, 0.2) is 5.82 Å². The van der Waals surface area contributed by atoms with Gasteiger partial charge in [-0.05, 0) is 42.7 Å². The fourth-order valence-electron chi connectivity index (χ4n) is 3.49. The molecule has 2 aromatic carbocycles. The number of benzene rings is 2. The highest BCUT2D eigenvalue weighted by molar-refractivity contribution is 6.04. The van der Waals surface area contributed by atoms with Crippen LogP contribution in [0.3, 0.4) is 0 Å². The van der Waals surface area contributed by atoms with Crippen molar-refractivity contribution in [2.24, 2.45) is 5.73 Å². The minimum Gasteiger partial charge on any atom is -0.381 e. The molecule has 3 aromatic rings. The lowest BCUT2D eigenvalue weighted by Crippen LogP contribution is -2.42. The first-order valence-corrected chi connectivity index (χ1v) is 9.88. The number of nitrogens with two attached hydrogens (primary N) is 1. The number of carbonyl (C=O) groups excluding carboxylic acids is 1. The molecular weight excluding hydrogens is 366 g/mol. The van der Waals surface area contributed by atoms with E-state index in [0.29, 0.717) is 24.6 Å². The molecule has 1 amide bonds. The monoisotopic (exact) mass is 391 g/mol. The summed E-state index contributed by atoms with van der Waals surface area (Å²) in [5.74, 6) is 1.30. The Balaban J connectivity index is 1.47. The zero-order valence-electron chi connectivity index (χ0n) is 16.4. The van der Waals surface area contributed by atoms with Crippen LogP contribution in [0.4, 0.5) is 5.69 Å². The van der Waals surface area contributed by atoms with Gasteiger partial charge in [0.05, 0.1) is 0 Å². The lowest BCUT2D eigenvalue weighted by Gasteiger charge is -2.34. The maximum atomic E-state index is 12.7. The Bertz CT molecular complexity index is 990. The molecule has 1 fully saturated rings. The van der Waals surface area contributed by atoms with Gasteiger partial charge in [0.1, 0.15) is 5.82 Å². The first kappa shape index (κ1) is 19.3. The van der Waals surface area contributed by atoms with Crippen molar-refractivity contribution in [2.45, 2.75) is 31.7 Å². The maximum absolute atomic E-state index is 12.7. The van der Waals surface area contributed by atoms with E-state index in [-0.39, 0.29) is 5.91 Å². The number of nitrogens with zero attached hydrogens (tertiary/aromatic N) is 2. The SMILES string of the molecule is CCc1nc(-c2ccc(C(=O)Nc3cccc(C4(N)CCOCC4)c3)cc2)n[nH]1. The summed E-state index contributed by atoms with van der Waals surface area (Å²) in [5.41, 5.74) is 9.34. The molecule has 4 rings (SSSR count). The number of rotatable bonds is 5. The number of ether oxygens (including phenoxy) is 1. The quantitative estimate of drug-likeness (QED) is 0.619. The average Bonchev–Trinajstić information content (AvgIpc) is 3.24. The summed E-state index contributed by atoms with van der Waals surface area (Å²) in [6, 6.07) is 15.0. The van der Waals surface area contributed by atoms with Gasteiger partial charge in [-0.25, -0.2) is 4.98 Å². The predicted octanol–water partition coefficient (Wildman–Crippen LogP) is 3.25. The third kappa shape index (κ3) is 4.21. The van der Waals surface area contributed by atoms with Gasteiger partial charge in [0.2, 0.25) is 0 Å². The lowest BCUT2D eigenvalue weighted by molar-refractivity contribution is 0.0522. The fourth-order valence-corrected chi connectivity index (χ4v) is 3.49. The molecule has 150 valence electrons. The number of nitrogens with one attached hydrogen (secondary N) is 2. The summed E-state index contributed by atoms with van der Waals surface area (Å²) >= 11 is 0. The van der Waals surface area contributed by atoms with Gasteiger partial charge in [-0.3, -0.25) is 9.89 Å². The first-order valence-electron chi connectivity index (χ1n) is 9.88. The van der Waals surface area contributed by atoms with Crippen LogP contribution in [0.1, 0.15) is 41.5 Å². The van der Waals surface area contributed by atoms with E-state index in [1.54, 1.807) is 12.1 Å². The van der Waals surface area contributed by atoms with Crippen molar-refractivity contribution >= 4 is 11.6 Å². The molecule has 7 heteroatoms. The van der Waals surface area contributed by atoms with Crippen LogP contribution in [0.25, 0.3) is 11.4 Å². The summed E-state index contributed by atoms with van der Waals surface area (Å²) in [4.78, 5) is 17.1. The molecule has 0 bridgehead atoms. The zero-order valence-corrected chi connectivity index (χ0v) is 16.4. The van der Waals surface area contributed by atoms with Gasteiger partial charge in [-0.2, -0.15) is 5.10 Å². The smallest absolute Gasteiger partial charge is 0.255 e. The van der Waals surface area contributed by atoms with Crippen molar-refractivity contribution in [1.29, 1.82) is 0 Å². The highest BCUT2D eigenvalue weighted by Crippen LogP contribution is 2.30. The van der Waals surface area contributed by atoms with Crippen molar-refractivity contribution in [2.75, 3.05) is 18.5 Å². The van der Waals surface area contributed by atoms with Crippen LogP contribution in [-0.4, -0.2) is 34.3 Å². The molecule has 0 atom stereocenters. The minimum atomic E-state index is -0.408. The van der Waals surface area contributed by atoms with E-state index in [1.165, 1.54) is 0 Å². The van der Waals surface area contributed by atoms with Crippen molar-refractivity contribution in [3.05, 3.63) is 65.5 Å². The number of aromatic nitrogens is 3. The van der Waals surface area contributed by atoms with Crippen molar-refractivity contribution in [3.8, 4) is 11.4 Å². The minimum absolute atomic E-state index is 0.170. The highest BCUT2D eigenvalue weighted by atomic mass is 16.5. The van der Waals surface area contributed by atoms with E-state index in [1.807, 2.05) is 43.3 Å². The summed E-state index contributed by atoms with van der Waals surface area (Å²) in [6.45, 7) is 3.33. The van der Waals surface area contributed by atoms with E-state index in [2.05, 4.69) is 20.5 Å². The van der Waals surface area contributed by atoms with Crippen LogP contribution in [0, 0.1) is 0 Å². The first-order chi connectivity index (χ1) is 14.1. The Morgan fingerprint density at radius 1 is 1.21 bits per heavy atom.